The summed E-state index contributed by atoms with van der Waals surface area (Å²) in [6, 6.07) is 1.69. The summed E-state index contributed by atoms with van der Waals surface area (Å²) in [6.45, 7) is -0.0730. The van der Waals surface area contributed by atoms with Gasteiger partial charge in [0.1, 0.15) is 0 Å². The number of amides is 2. The Bertz CT molecular complexity index is 884. The average Bonchev–Trinajstić information content (AvgIpc) is 3.18. The molecule has 3 N–H and O–H groups in total. The molecule has 30 heavy (non-hydrogen) atoms. The number of hydrogen-bond acceptors (Lipinski definition) is 6. The molecule has 1 aliphatic carbocycles. The molecule has 10 heteroatoms. The summed E-state index contributed by atoms with van der Waals surface area (Å²) in [4.78, 5) is 41.3. The molecule has 2 atom stereocenters. The average molecular weight is 436 g/mol. The number of carbonyl (C=O) groups excluding carboxylic acids is 3. The van der Waals surface area contributed by atoms with Crippen molar-refractivity contribution in [2.75, 3.05) is 6.54 Å². The van der Waals surface area contributed by atoms with Crippen molar-refractivity contribution in [3.8, 4) is 0 Å². The summed E-state index contributed by atoms with van der Waals surface area (Å²) in [7, 11) is -4.21. The lowest BCUT2D eigenvalue weighted by molar-refractivity contribution is -0.134. The number of hydrogen-bond donors (Lipinski definition) is 2. The third kappa shape index (κ3) is 5.04. The molecule has 1 radical (unpaired) electrons. The summed E-state index contributed by atoms with van der Waals surface area (Å²) in [5.74, 6) is -1.69. The SMILES string of the molecule is NC(=O)C1C(=O)[C@@H](NC(=O)[CH]CC2CCCC2)CCCN1S(=O)(=O)c1ccccn1. The maximum atomic E-state index is 13.0. The van der Waals surface area contributed by atoms with Gasteiger partial charge in [0, 0.05) is 19.2 Å². The van der Waals surface area contributed by atoms with Gasteiger partial charge in [-0.25, -0.2) is 13.4 Å². The lowest BCUT2D eigenvalue weighted by Crippen LogP contribution is -2.56. The zero-order valence-corrected chi connectivity index (χ0v) is 17.5. The second-order valence-corrected chi connectivity index (χ2v) is 9.62. The van der Waals surface area contributed by atoms with E-state index in [9.17, 15) is 22.8 Å². The van der Waals surface area contributed by atoms with Gasteiger partial charge in [-0.05, 0) is 37.3 Å². The van der Waals surface area contributed by atoms with Crippen molar-refractivity contribution >= 4 is 27.6 Å². The first-order chi connectivity index (χ1) is 14.3. The third-order valence-corrected chi connectivity index (χ3v) is 7.46. The van der Waals surface area contributed by atoms with E-state index in [1.54, 1.807) is 6.07 Å². The predicted molar refractivity (Wildman–Crippen MR) is 108 cm³/mol. The fourth-order valence-electron chi connectivity index (χ4n) is 4.11. The minimum atomic E-state index is -4.21. The smallest absolute Gasteiger partial charge is 0.261 e. The maximum Gasteiger partial charge on any atom is 0.261 e. The number of aromatic nitrogens is 1. The lowest BCUT2D eigenvalue weighted by atomic mass is 10.00. The predicted octanol–water partition coefficient (Wildman–Crippen LogP) is 0.558. The van der Waals surface area contributed by atoms with Crippen LogP contribution in [0.1, 0.15) is 44.9 Å². The van der Waals surface area contributed by atoms with Gasteiger partial charge in [0.05, 0.1) is 6.04 Å². The van der Waals surface area contributed by atoms with E-state index in [1.807, 2.05) is 0 Å². The number of carbonyl (C=O) groups is 3. The van der Waals surface area contributed by atoms with Crippen molar-refractivity contribution in [1.29, 1.82) is 0 Å². The fourth-order valence-corrected chi connectivity index (χ4v) is 5.65. The van der Waals surface area contributed by atoms with Gasteiger partial charge in [-0.1, -0.05) is 31.7 Å². The number of sulfonamides is 1. The molecule has 1 unspecified atom stereocenters. The van der Waals surface area contributed by atoms with Crippen LogP contribution in [-0.2, 0) is 24.4 Å². The van der Waals surface area contributed by atoms with E-state index in [4.69, 9.17) is 5.73 Å². The molecule has 2 amide bonds. The maximum absolute atomic E-state index is 13.0. The third-order valence-electron chi connectivity index (χ3n) is 5.68. The second-order valence-electron chi connectivity index (χ2n) is 7.78. The number of ketones is 1. The zero-order chi connectivity index (χ0) is 21.7. The number of nitrogens with zero attached hydrogens (tertiary/aromatic N) is 2. The summed E-state index contributed by atoms with van der Waals surface area (Å²) >= 11 is 0. The van der Waals surface area contributed by atoms with E-state index in [-0.39, 0.29) is 30.3 Å². The molecule has 1 saturated heterocycles. The topological polar surface area (TPSA) is 140 Å². The molecular formula is C20H27N4O5S. The van der Waals surface area contributed by atoms with Gasteiger partial charge in [-0.15, -0.1) is 0 Å². The van der Waals surface area contributed by atoms with Crippen molar-refractivity contribution in [3.63, 3.8) is 0 Å². The molecule has 2 heterocycles. The summed E-state index contributed by atoms with van der Waals surface area (Å²) in [6.07, 6.45) is 8.53. The van der Waals surface area contributed by atoms with E-state index in [2.05, 4.69) is 10.3 Å². The molecule has 0 spiro atoms. The van der Waals surface area contributed by atoms with Gasteiger partial charge < -0.3 is 11.1 Å². The van der Waals surface area contributed by atoms with Gasteiger partial charge in [0.25, 0.3) is 10.0 Å². The van der Waals surface area contributed by atoms with Crippen molar-refractivity contribution in [2.24, 2.45) is 11.7 Å². The molecule has 163 valence electrons. The van der Waals surface area contributed by atoms with Crippen LogP contribution in [0.2, 0.25) is 0 Å². The molecule has 9 nitrogen and oxygen atoms in total. The van der Waals surface area contributed by atoms with Crippen LogP contribution in [0.3, 0.4) is 0 Å². The number of nitrogens with one attached hydrogen (secondary N) is 1. The highest BCUT2D eigenvalue weighted by Crippen LogP contribution is 2.28. The highest BCUT2D eigenvalue weighted by molar-refractivity contribution is 7.89. The Morgan fingerprint density at radius 3 is 2.57 bits per heavy atom. The Labute approximate surface area is 176 Å². The molecule has 1 aromatic rings. The Morgan fingerprint density at radius 2 is 1.93 bits per heavy atom. The van der Waals surface area contributed by atoms with Crippen LogP contribution in [0.4, 0.5) is 0 Å². The quantitative estimate of drug-likeness (QED) is 0.600. The minimum Gasteiger partial charge on any atom is -0.368 e. The van der Waals surface area contributed by atoms with Crippen LogP contribution in [0.15, 0.2) is 29.4 Å². The first-order valence-electron chi connectivity index (χ1n) is 10.2. The Kier molecular flexibility index (Phi) is 7.19. The highest BCUT2D eigenvalue weighted by Gasteiger charge is 2.44. The van der Waals surface area contributed by atoms with Crippen LogP contribution in [-0.4, -0.2) is 53.9 Å². The molecular weight excluding hydrogens is 408 g/mol. The van der Waals surface area contributed by atoms with Crippen molar-refractivity contribution in [3.05, 3.63) is 30.8 Å². The molecule has 1 aliphatic heterocycles. The molecule has 2 fully saturated rings. The summed E-state index contributed by atoms with van der Waals surface area (Å²) in [5, 5.41) is 2.37. The molecule has 0 bridgehead atoms. The van der Waals surface area contributed by atoms with Crippen molar-refractivity contribution in [1.82, 2.24) is 14.6 Å². The number of primary amides is 1. The number of rotatable bonds is 7. The normalized spacial score (nSPS) is 23.8. The molecule has 0 aromatic carbocycles. The summed E-state index contributed by atoms with van der Waals surface area (Å²) in [5.41, 5.74) is 5.42. The fraction of sp³-hybridized carbons (Fsp3) is 0.550. The van der Waals surface area contributed by atoms with Gasteiger partial charge >= 0.3 is 0 Å². The lowest BCUT2D eigenvalue weighted by Gasteiger charge is -2.26. The zero-order valence-electron chi connectivity index (χ0n) is 16.7. The van der Waals surface area contributed by atoms with E-state index < -0.39 is 33.8 Å². The minimum absolute atomic E-state index is 0.0730. The van der Waals surface area contributed by atoms with E-state index in [0.717, 1.165) is 17.1 Å². The molecule has 1 aromatic heterocycles. The number of nitrogens with two attached hydrogens (primary N) is 1. The highest BCUT2D eigenvalue weighted by atomic mass is 32.2. The largest absolute Gasteiger partial charge is 0.368 e. The van der Waals surface area contributed by atoms with Gasteiger partial charge in [-0.2, -0.15) is 4.31 Å². The number of Topliss-reactive ketones (excluding diaryl/α,β-unsaturated/α-hetero) is 1. The van der Waals surface area contributed by atoms with Gasteiger partial charge in [-0.3, -0.25) is 14.4 Å². The van der Waals surface area contributed by atoms with E-state index in [1.165, 1.54) is 37.6 Å². The molecule has 2 aliphatic rings. The Balaban J connectivity index is 1.73. The Hall–Kier alpha value is -2.33. The standard InChI is InChI=1S/C20H27N4O5S/c21-20(27)18-19(26)15(23-16(25)11-10-14-6-1-2-7-14)8-5-13-24(18)30(28,29)17-9-3-4-12-22-17/h3-4,9,11-12,14-15,18H,1-2,5-8,10,13H2,(H2,21,27)(H,23,25)/t15-,18?/m0/s1. The number of pyridine rings is 1. The monoisotopic (exact) mass is 435 g/mol. The van der Waals surface area contributed by atoms with Crippen LogP contribution in [0.5, 0.6) is 0 Å². The first kappa shape index (κ1) is 22.4. The van der Waals surface area contributed by atoms with Crippen LogP contribution < -0.4 is 11.1 Å². The van der Waals surface area contributed by atoms with Gasteiger partial charge in [0.2, 0.25) is 11.8 Å². The van der Waals surface area contributed by atoms with Crippen LogP contribution in [0, 0.1) is 12.3 Å². The van der Waals surface area contributed by atoms with E-state index >= 15 is 0 Å². The van der Waals surface area contributed by atoms with Crippen LogP contribution in [0.25, 0.3) is 0 Å². The first-order valence-corrected chi connectivity index (χ1v) is 11.6. The summed E-state index contributed by atoms with van der Waals surface area (Å²) < 4.78 is 26.8. The van der Waals surface area contributed by atoms with Crippen molar-refractivity contribution in [2.45, 2.75) is 62.1 Å². The Morgan fingerprint density at radius 1 is 1.20 bits per heavy atom. The van der Waals surface area contributed by atoms with E-state index in [0.29, 0.717) is 12.3 Å². The van der Waals surface area contributed by atoms with Crippen LogP contribution >= 0.6 is 0 Å². The van der Waals surface area contributed by atoms with Crippen molar-refractivity contribution < 1.29 is 22.8 Å². The molecule has 3 rings (SSSR count). The molecule has 1 saturated carbocycles. The van der Waals surface area contributed by atoms with Gasteiger partial charge in [0.15, 0.2) is 16.9 Å². The second kappa shape index (κ2) is 9.65.